The fourth-order valence-electron chi connectivity index (χ4n) is 0.826. The van der Waals surface area contributed by atoms with Gasteiger partial charge < -0.3 is 0 Å². The quantitative estimate of drug-likeness (QED) is 0.478. The van der Waals surface area contributed by atoms with Crippen LogP contribution in [0.2, 0.25) is 0 Å². The number of piperidine rings is 1. The monoisotopic (exact) mass is 128 g/mol. The van der Waals surface area contributed by atoms with E-state index in [1.807, 2.05) is 0 Å². The number of hydrogen-bond acceptors (Lipinski definition) is 3. The molecule has 0 atom stereocenters. The highest BCUT2D eigenvalue weighted by molar-refractivity contribution is 5.79. The van der Waals surface area contributed by atoms with Gasteiger partial charge in [0.15, 0.2) is 0 Å². The zero-order valence-electron chi connectivity index (χ0n) is 5.04. The summed E-state index contributed by atoms with van der Waals surface area (Å²) in [7, 11) is 0. The number of Topliss-reactive ketones (excluding diaryl/α,β-unsaturated/α-hetero) is 1. The molecule has 4 nitrogen and oxygen atoms in total. The van der Waals surface area contributed by atoms with Crippen LogP contribution in [0, 0.1) is 4.91 Å². The summed E-state index contributed by atoms with van der Waals surface area (Å²) in [6.45, 7) is 1.00. The van der Waals surface area contributed by atoms with Crippen molar-refractivity contribution in [2.24, 2.45) is 5.29 Å². The highest BCUT2D eigenvalue weighted by Gasteiger charge is 2.14. The molecule has 9 heavy (non-hydrogen) atoms. The Morgan fingerprint density at radius 2 is 1.89 bits per heavy atom. The normalized spacial score (nSPS) is 20.0. The van der Waals surface area contributed by atoms with Gasteiger partial charge in [-0.05, 0) is 0 Å². The predicted octanol–water partition coefficient (Wildman–Crippen LogP) is 0.333. The van der Waals surface area contributed by atoms with Crippen molar-refractivity contribution in [2.45, 2.75) is 12.8 Å². The summed E-state index contributed by atoms with van der Waals surface area (Å²) >= 11 is 0. The molecule has 1 rings (SSSR count). The Balaban J connectivity index is 2.34. The molecule has 1 saturated heterocycles. The van der Waals surface area contributed by atoms with Crippen molar-refractivity contribution in [2.75, 3.05) is 13.1 Å². The minimum Gasteiger partial charge on any atom is -0.300 e. The molecule has 1 heterocycles. The molecule has 1 aliphatic rings. The average molecular weight is 128 g/mol. The lowest BCUT2D eigenvalue weighted by Gasteiger charge is -2.18. The number of nitrogens with zero attached hydrogens (tertiary/aromatic N) is 2. The maximum Gasteiger partial charge on any atom is 0.136 e. The fourth-order valence-corrected chi connectivity index (χ4v) is 0.826. The standard InChI is InChI=1S/C5H8N2O2/c8-5-1-3-7(6-9)4-2-5/h1-4H2. The molecule has 0 aliphatic carbocycles. The molecule has 0 aromatic rings. The lowest BCUT2D eigenvalue weighted by molar-refractivity contribution is -0.121. The first-order valence-electron chi connectivity index (χ1n) is 2.93. The van der Waals surface area contributed by atoms with Crippen molar-refractivity contribution in [1.29, 1.82) is 0 Å². The van der Waals surface area contributed by atoms with Crippen molar-refractivity contribution in [3.63, 3.8) is 0 Å². The maximum absolute atomic E-state index is 10.6. The van der Waals surface area contributed by atoms with Crippen LogP contribution in [0.25, 0.3) is 0 Å². The first kappa shape index (κ1) is 6.19. The van der Waals surface area contributed by atoms with Gasteiger partial charge >= 0.3 is 0 Å². The van der Waals surface area contributed by atoms with E-state index in [4.69, 9.17) is 0 Å². The van der Waals surface area contributed by atoms with Gasteiger partial charge in [0, 0.05) is 25.9 Å². The van der Waals surface area contributed by atoms with Gasteiger partial charge in [0.05, 0.1) is 5.29 Å². The van der Waals surface area contributed by atoms with Crippen LogP contribution in [-0.2, 0) is 4.79 Å². The number of carbonyl (C=O) groups excluding carboxylic acids is 1. The van der Waals surface area contributed by atoms with Gasteiger partial charge in [-0.1, -0.05) is 0 Å². The topological polar surface area (TPSA) is 49.7 Å². The molecule has 50 valence electrons. The van der Waals surface area contributed by atoms with Crippen LogP contribution in [0.3, 0.4) is 0 Å². The number of ketones is 1. The Kier molecular flexibility index (Phi) is 1.77. The van der Waals surface area contributed by atoms with Crippen molar-refractivity contribution < 1.29 is 4.79 Å². The van der Waals surface area contributed by atoms with Crippen molar-refractivity contribution in [3.05, 3.63) is 4.91 Å². The van der Waals surface area contributed by atoms with Crippen LogP contribution in [0.1, 0.15) is 12.8 Å². The highest BCUT2D eigenvalue weighted by atomic mass is 16.3. The smallest absolute Gasteiger partial charge is 0.136 e. The summed E-state index contributed by atoms with van der Waals surface area (Å²) in [4.78, 5) is 20.4. The lowest BCUT2D eigenvalue weighted by atomic mass is 10.1. The summed E-state index contributed by atoms with van der Waals surface area (Å²) in [6.07, 6.45) is 0.956. The number of rotatable bonds is 1. The largest absolute Gasteiger partial charge is 0.300 e. The Bertz CT molecular complexity index is 125. The van der Waals surface area contributed by atoms with Gasteiger partial charge in [0.1, 0.15) is 5.78 Å². The molecule has 1 aliphatic heterocycles. The molecule has 1 fully saturated rings. The minimum absolute atomic E-state index is 0.231. The summed E-state index contributed by atoms with van der Waals surface area (Å²) in [6, 6.07) is 0. The maximum atomic E-state index is 10.6. The molecular formula is C5H8N2O2. The van der Waals surface area contributed by atoms with Crippen LogP contribution in [0.5, 0.6) is 0 Å². The molecule has 0 radical (unpaired) electrons. The third kappa shape index (κ3) is 1.48. The number of nitroso groups, excluding NO2 is 1. The van der Waals surface area contributed by atoms with Crippen LogP contribution in [0.4, 0.5) is 0 Å². The van der Waals surface area contributed by atoms with E-state index in [-0.39, 0.29) is 5.78 Å². The molecule has 0 bridgehead atoms. The van der Waals surface area contributed by atoms with E-state index in [2.05, 4.69) is 5.29 Å². The lowest BCUT2D eigenvalue weighted by Crippen LogP contribution is -2.28. The second-order valence-corrected chi connectivity index (χ2v) is 2.07. The van der Waals surface area contributed by atoms with Crippen LogP contribution < -0.4 is 0 Å². The summed E-state index contributed by atoms with van der Waals surface area (Å²) in [5, 5.41) is 4.09. The van der Waals surface area contributed by atoms with E-state index in [0.717, 1.165) is 0 Å². The Hall–Kier alpha value is -0.930. The van der Waals surface area contributed by atoms with Crippen molar-refractivity contribution in [3.8, 4) is 0 Å². The summed E-state index contributed by atoms with van der Waals surface area (Å²) in [5.41, 5.74) is 0. The van der Waals surface area contributed by atoms with E-state index in [9.17, 15) is 9.70 Å². The molecule has 0 amide bonds. The van der Waals surface area contributed by atoms with Crippen molar-refractivity contribution in [1.82, 2.24) is 5.01 Å². The van der Waals surface area contributed by atoms with Crippen LogP contribution in [-0.4, -0.2) is 23.9 Å². The Morgan fingerprint density at radius 1 is 1.33 bits per heavy atom. The third-order valence-corrected chi connectivity index (χ3v) is 1.41. The van der Waals surface area contributed by atoms with E-state index < -0.39 is 0 Å². The first-order valence-corrected chi connectivity index (χ1v) is 2.93. The van der Waals surface area contributed by atoms with Gasteiger partial charge in [0.2, 0.25) is 0 Å². The number of carbonyl (C=O) groups is 1. The van der Waals surface area contributed by atoms with E-state index in [1.165, 1.54) is 5.01 Å². The molecule has 0 aromatic carbocycles. The molecule has 0 unspecified atom stereocenters. The first-order chi connectivity index (χ1) is 4.33. The Labute approximate surface area is 52.8 Å². The summed E-state index contributed by atoms with van der Waals surface area (Å²) in [5.74, 6) is 0.231. The molecule has 4 heteroatoms. The highest BCUT2D eigenvalue weighted by Crippen LogP contribution is 2.04. The van der Waals surface area contributed by atoms with E-state index in [0.29, 0.717) is 25.9 Å². The van der Waals surface area contributed by atoms with Gasteiger partial charge in [-0.15, -0.1) is 4.91 Å². The summed E-state index contributed by atoms with van der Waals surface area (Å²) < 4.78 is 0. The van der Waals surface area contributed by atoms with Gasteiger partial charge in [-0.2, -0.15) is 0 Å². The van der Waals surface area contributed by atoms with Gasteiger partial charge in [-0.25, -0.2) is 0 Å². The van der Waals surface area contributed by atoms with Crippen molar-refractivity contribution >= 4 is 5.78 Å². The molecule has 0 N–H and O–H groups in total. The second-order valence-electron chi connectivity index (χ2n) is 2.07. The SMILES string of the molecule is O=NN1CCC(=O)CC1. The van der Waals surface area contributed by atoms with Crippen LogP contribution in [0.15, 0.2) is 5.29 Å². The minimum atomic E-state index is 0.231. The fraction of sp³-hybridized carbons (Fsp3) is 0.800. The zero-order valence-corrected chi connectivity index (χ0v) is 5.04. The molecular weight excluding hydrogens is 120 g/mol. The van der Waals surface area contributed by atoms with E-state index >= 15 is 0 Å². The predicted molar refractivity (Wildman–Crippen MR) is 31.6 cm³/mol. The zero-order chi connectivity index (χ0) is 6.69. The van der Waals surface area contributed by atoms with Crippen LogP contribution >= 0.6 is 0 Å². The molecule has 0 aromatic heterocycles. The third-order valence-electron chi connectivity index (χ3n) is 1.41. The number of hydrogen-bond donors (Lipinski definition) is 0. The average Bonchev–Trinajstić information content (AvgIpc) is 1.90. The van der Waals surface area contributed by atoms with E-state index in [1.54, 1.807) is 0 Å². The van der Waals surface area contributed by atoms with Gasteiger partial charge in [-0.3, -0.25) is 9.80 Å². The van der Waals surface area contributed by atoms with Gasteiger partial charge in [0.25, 0.3) is 0 Å². The molecule has 0 saturated carbocycles. The molecule has 0 spiro atoms. The Morgan fingerprint density at radius 3 is 2.33 bits per heavy atom. The second kappa shape index (κ2) is 2.57.